The van der Waals surface area contributed by atoms with Gasteiger partial charge in [0.25, 0.3) is 5.91 Å². The van der Waals surface area contributed by atoms with Crippen molar-refractivity contribution in [3.63, 3.8) is 0 Å². The van der Waals surface area contributed by atoms with Crippen LogP contribution in [0.2, 0.25) is 5.02 Å². The molecule has 1 fully saturated rings. The van der Waals surface area contributed by atoms with Gasteiger partial charge in [0, 0.05) is 35.3 Å². The lowest BCUT2D eigenvalue weighted by atomic mass is 9.97. The molecule has 2 aromatic carbocycles. The van der Waals surface area contributed by atoms with Gasteiger partial charge in [-0.25, -0.2) is 0 Å². The molecule has 7 heteroatoms. The SMILES string of the molecule is CC(C)N1CCC(COC[C@H](NC(=O)c2ccc3c(Cl)c[nH]c3c2)c2ccccc2)CC1.Cl. The van der Waals surface area contributed by atoms with Gasteiger partial charge in [-0.15, -0.1) is 12.4 Å². The zero-order chi connectivity index (χ0) is 22.5. The largest absolute Gasteiger partial charge is 0.379 e. The van der Waals surface area contributed by atoms with Crippen molar-refractivity contribution in [2.45, 2.75) is 38.8 Å². The Labute approximate surface area is 207 Å². The number of rotatable bonds is 8. The van der Waals surface area contributed by atoms with Crippen LogP contribution in [0.25, 0.3) is 10.9 Å². The van der Waals surface area contributed by atoms with Crippen molar-refractivity contribution in [3.8, 4) is 0 Å². The number of carbonyl (C=O) groups is 1. The molecule has 1 saturated heterocycles. The minimum absolute atomic E-state index is 0. The number of likely N-dealkylation sites (tertiary alicyclic amines) is 1. The van der Waals surface area contributed by atoms with Crippen molar-refractivity contribution in [2.24, 2.45) is 5.92 Å². The smallest absolute Gasteiger partial charge is 0.251 e. The van der Waals surface area contributed by atoms with E-state index in [4.69, 9.17) is 16.3 Å². The molecule has 0 saturated carbocycles. The molecule has 2 N–H and O–H groups in total. The second-order valence-electron chi connectivity index (χ2n) is 8.94. The summed E-state index contributed by atoms with van der Waals surface area (Å²) in [5, 5.41) is 4.73. The first-order chi connectivity index (χ1) is 15.5. The van der Waals surface area contributed by atoms with Gasteiger partial charge >= 0.3 is 0 Å². The fourth-order valence-corrected chi connectivity index (χ4v) is 4.59. The van der Waals surface area contributed by atoms with E-state index in [1.165, 1.54) is 12.8 Å². The number of nitrogens with one attached hydrogen (secondary N) is 2. The number of H-pyrrole nitrogens is 1. The fourth-order valence-electron chi connectivity index (χ4n) is 4.37. The molecule has 2 heterocycles. The highest BCUT2D eigenvalue weighted by Gasteiger charge is 2.22. The number of benzene rings is 2. The zero-order valence-corrected chi connectivity index (χ0v) is 20.8. The van der Waals surface area contributed by atoms with Gasteiger partial charge in [0.05, 0.1) is 17.7 Å². The lowest BCUT2D eigenvalue weighted by molar-refractivity contribution is 0.0473. The lowest BCUT2D eigenvalue weighted by Crippen LogP contribution is -2.39. The van der Waals surface area contributed by atoms with Crippen LogP contribution in [0.1, 0.15) is 48.7 Å². The fraction of sp³-hybridized carbons (Fsp3) is 0.423. The molecular formula is C26H33Cl2N3O2. The quantitative estimate of drug-likeness (QED) is 0.417. The van der Waals surface area contributed by atoms with Crippen molar-refractivity contribution >= 4 is 40.8 Å². The number of halogens is 2. The highest BCUT2D eigenvalue weighted by Crippen LogP contribution is 2.24. The number of hydrogen-bond donors (Lipinski definition) is 2. The first-order valence-corrected chi connectivity index (χ1v) is 11.8. The van der Waals surface area contributed by atoms with Crippen LogP contribution in [-0.2, 0) is 4.74 Å². The number of carbonyl (C=O) groups excluding carboxylic acids is 1. The summed E-state index contributed by atoms with van der Waals surface area (Å²) in [5.41, 5.74) is 2.49. The van der Waals surface area contributed by atoms with Crippen molar-refractivity contribution in [2.75, 3.05) is 26.3 Å². The molecule has 5 nitrogen and oxygen atoms in total. The molecule has 1 aromatic heterocycles. The third kappa shape index (κ3) is 6.51. The van der Waals surface area contributed by atoms with Crippen molar-refractivity contribution < 1.29 is 9.53 Å². The van der Waals surface area contributed by atoms with Gasteiger partial charge in [0.2, 0.25) is 0 Å². The summed E-state index contributed by atoms with van der Waals surface area (Å²) in [6.07, 6.45) is 4.07. The molecule has 1 aliphatic rings. The minimum Gasteiger partial charge on any atom is -0.379 e. The maximum Gasteiger partial charge on any atom is 0.251 e. The third-order valence-electron chi connectivity index (χ3n) is 6.42. The van der Waals surface area contributed by atoms with Gasteiger partial charge in [0.1, 0.15) is 0 Å². The lowest BCUT2D eigenvalue weighted by Gasteiger charge is -2.34. The number of aromatic amines is 1. The predicted molar refractivity (Wildman–Crippen MR) is 137 cm³/mol. The highest BCUT2D eigenvalue weighted by molar-refractivity contribution is 6.35. The molecule has 33 heavy (non-hydrogen) atoms. The van der Waals surface area contributed by atoms with Crippen LogP contribution in [0.15, 0.2) is 54.7 Å². The first-order valence-electron chi connectivity index (χ1n) is 11.5. The highest BCUT2D eigenvalue weighted by atomic mass is 35.5. The molecule has 178 valence electrons. The Hall–Kier alpha value is -2.05. The summed E-state index contributed by atoms with van der Waals surface area (Å²) in [5.74, 6) is 0.456. The summed E-state index contributed by atoms with van der Waals surface area (Å²) >= 11 is 6.16. The maximum absolute atomic E-state index is 13.0. The molecule has 1 amide bonds. The second-order valence-corrected chi connectivity index (χ2v) is 9.35. The van der Waals surface area contributed by atoms with Gasteiger partial charge in [-0.3, -0.25) is 4.79 Å². The van der Waals surface area contributed by atoms with E-state index < -0.39 is 0 Å². The topological polar surface area (TPSA) is 57.4 Å². The Balaban J connectivity index is 0.00000306. The summed E-state index contributed by atoms with van der Waals surface area (Å²) < 4.78 is 6.14. The Bertz CT molecular complexity index is 1030. The van der Waals surface area contributed by atoms with Crippen LogP contribution in [0.4, 0.5) is 0 Å². The standard InChI is InChI=1S/C26H32ClN3O2.ClH/c1-18(2)30-12-10-19(11-13-30)16-32-17-25(20-6-4-3-5-7-20)29-26(31)21-8-9-22-23(27)15-28-24(22)14-21;/h3-9,14-15,18-19,25,28H,10-13,16-17H2,1-2H3,(H,29,31);1H/t25-;/m0./s1. The maximum atomic E-state index is 13.0. The molecule has 4 rings (SSSR count). The molecule has 0 unspecified atom stereocenters. The van der Waals surface area contributed by atoms with Crippen LogP contribution < -0.4 is 5.32 Å². The summed E-state index contributed by atoms with van der Waals surface area (Å²) in [6.45, 7) is 7.97. The normalized spacial score (nSPS) is 16.0. The van der Waals surface area contributed by atoms with Crippen LogP contribution >= 0.6 is 24.0 Å². The number of aromatic nitrogens is 1. The van der Waals surface area contributed by atoms with E-state index in [1.54, 1.807) is 6.20 Å². The zero-order valence-electron chi connectivity index (χ0n) is 19.2. The molecule has 1 aliphatic heterocycles. The van der Waals surface area contributed by atoms with E-state index >= 15 is 0 Å². The Morgan fingerprint density at radius 3 is 2.61 bits per heavy atom. The molecule has 0 aliphatic carbocycles. The molecule has 0 spiro atoms. The summed E-state index contributed by atoms with van der Waals surface area (Å²) in [6, 6.07) is 15.9. The summed E-state index contributed by atoms with van der Waals surface area (Å²) in [4.78, 5) is 18.7. The van der Waals surface area contributed by atoms with E-state index in [0.717, 1.165) is 36.2 Å². The van der Waals surface area contributed by atoms with Gasteiger partial charge < -0.3 is 19.9 Å². The molecule has 3 aromatic rings. The average Bonchev–Trinajstić information content (AvgIpc) is 3.19. The van der Waals surface area contributed by atoms with Crippen molar-refractivity contribution in [1.29, 1.82) is 0 Å². The van der Waals surface area contributed by atoms with E-state index in [2.05, 4.69) is 29.0 Å². The van der Waals surface area contributed by atoms with E-state index in [0.29, 0.717) is 29.2 Å². The molecule has 1 atom stereocenters. The predicted octanol–water partition coefficient (Wildman–Crippen LogP) is 5.85. The minimum atomic E-state index is -0.206. The number of nitrogens with zero attached hydrogens (tertiary/aromatic N) is 1. The second kappa shape index (κ2) is 11.9. The number of fused-ring (bicyclic) bond motifs is 1. The van der Waals surface area contributed by atoms with Crippen LogP contribution in [0.3, 0.4) is 0 Å². The first kappa shape index (κ1) is 25.6. The number of piperidine rings is 1. The Kier molecular flexibility index (Phi) is 9.21. The monoisotopic (exact) mass is 489 g/mol. The van der Waals surface area contributed by atoms with Crippen LogP contribution in [-0.4, -0.2) is 48.1 Å². The van der Waals surface area contributed by atoms with Crippen molar-refractivity contribution in [3.05, 3.63) is 70.9 Å². The molecule has 0 bridgehead atoms. The average molecular weight is 490 g/mol. The van der Waals surface area contributed by atoms with Gasteiger partial charge in [-0.2, -0.15) is 0 Å². The number of ether oxygens (including phenoxy) is 1. The molecule has 0 radical (unpaired) electrons. The summed E-state index contributed by atoms with van der Waals surface area (Å²) in [7, 11) is 0. The number of hydrogen-bond acceptors (Lipinski definition) is 3. The van der Waals surface area contributed by atoms with Gasteiger partial charge in [0.15, 0.2) is 0 Å². The van der Waals surface area contributed by atoms with E-state index in [-0.39, 0.29) is 24.4 Å². The Morgan fingerprint density at radius 2 is 1.91 bits per heavy atom. The van der Waals surface area contributed by atoms with E-state index in [9.17, 15) is 4.79 Å². The van der Waals surface area contributed by atoms with Gasteiger partial charge in [-0.05, 0) is 63.4 Å². The molecular weight excluding hydrogens is 457 g/mol. The third-order valence-corrected chi connectivity index (χ3v) is 6.73. The van der Waals surface area contributed by atoms with E-state index in [1.807, 2.05) is 48.5 Å². The Morgan fingerprint density at radius 1 is 1.18 bits per heavy atom. The number of amides is 1. The van der Waals surface area contributed by atoms with Crippen molar-refractivity contribution in [1.82, 2.24) is 15.2 Å². The van der Waals surface area contributed by atoms with Crippen LogP contribution in [0.5, 0.6) is 0 Å². The van der Waals surface area contributed by atoms with Gasteiger partial charge in [-0.1, -0.05) is 48.0 Å². The van der Waals surface area contributed by atoms with Crippen LogP contribution in [0, 0.1) is 5.92 Å².